The minimum Gasteiger partial charge on any atom is -0.870 e. The van der Waals surface area contributed by atoms with Crippen LogP contribution in [0.25, 0.3) is 50.6 Å². The second-order valence-electron chi connectivity index (χ2n) is 23.7. The molecule has 0 spiro atoms. The molecule has 5 heterocycles. The normalized spacial score (nSPS) is 10.5. The Balaban J connectivity index is 0.000000593. The first-order valence-electron chi connectivity index (χ1n) is 30.8. The SMILES string of the molecule is C.C/C(C#N)=C\Nc1csc2c(C)c(C)c(C)c(C)c12.C/C=C(/C)C#N.C=Nc1c[nH]c2c(sc3c(C)c(C)c(C)c(C)c32)c1=O.COC(=O)CS.COC(=O)c1sc2c(C)c(C)c(C)c(C)c2c1N.Cc1c(C)c(C)c(C#N)c(F)c1C.Cc1c(C)c(C)c2c(N)csc2c1C.[K+].[OH-]. The van der Waals surface area contributed by atoms with Crippen molar-refractivity contribution in [1.29, 1.82) is 15.8 Å². The van der Waals surface area contributed by atoms with E-state index in [1.807, 2.05) is 45.2 Å². The summed E-state index contributed by atoms with van der Waals surface area (Å²) in [6.45, 7) is 50.4. The number of fused-ring (bicyclic) bond motifs is 6. The number of pyridine rings is 1. The molecule has 0 radical (unpaired) electrons. The molecule has 0 aliphatic heterocycles. The Kier molecular flexibility index (Phi) is 35.7. The van der Waals surface area contributed by atoms with Crippen molar-refractivity contribution in [1.82, 2.24) is 4.98 Å². The molecule has 0 atom stereocenters. The number of thiophene rings is 4. The van der Waals surface area contributed by atoms with Gasteiger partial charge >= 0.3 is 63.3 Å². The number of hydrogen-bond acceptors (Lipinski definition) is 18. The summed E-state index contributed by atoms with van der Waals surface area (Å²) in [7, 11) is 2.71. The molecule has 5 aromatic heterocycles. The number of nitrogens with zero attached hydrogens (tertiary/aromatic N) is 4. The molecule has 522 valence electrons. The van der Waals surface area contributed by atoms with Gasteiger partial charge in [0.15, 0.2) is 0 Å². The average Bonchev–Trinajstić information content (AvgIpc) is 1.62. The number of rotatable bonds is 5. The first kappa shape index (κ1) is 90.0. The number of anilines is 3. The van der Waals surface area contributed by atoms with Gasteiger partial charge in [-0.3, -0.25) is 14.6 Å². The van der Waals surface area contributed by atoms with Gasteiger partial charge in [0, 0.05) is 74.6 Å². The smallest absolute Gasteiger partial charge is 0.870 e. The number of hydrogen-bond donors (Lipinski definition) is 5. The Morgan fingerprint density at radius 2 is 1.02 bits per heavy atom. The minimum absolute atomic E-state index is 0. The van der Waals surface area contributed by atoms with Gasteiger partial charge in [0.05, 0.1) is 60.3 Å². The van der Waals surface area contributed by atoms with Gasteiger partial charge < -0.3 is 36.7 Å². The summed E-state index contributed by atoms with van der Waals surface area (Å²) in [4.78, 5) is 41.5. The van der Waals surface area contributed by atoms with Crippen molar-refractivity contribution in [3.8, 4) is 18.2 Å². The van der Waals surface area contributed by atoms with Crippen LogP contribution >= 0.6 is 58.0 Å². The standard InChI is InChI=1S/C16H16N2OS.C16H18N2S.C14H17NO2S.C12H15NS.C11H12FN.C5H7N.C3H6O2S.CH4.K.H2O/c1-7-8(2)10(4)15-12(9(7)3)13-16(20-15)14(19)11(17-5)6-18-13;1-9(6-17)7-18-14-8-19-16-13(5)11(3)10(2)12(4)15(14)16;1-6-7(2)9(4)12-10(8(6)3)11(15)13(18-12)14(16)17-5;1-6-7(2)9(4)12-11(8(6)3)10(13)5-14-12;1-6-7(2)9(4)11(12)10(5-13)8(6)3;1-3-5(2)4-6;1-5-3(4)2-6;;;/h6H,5H2,1-4H3,(H,18,19);7-8,18H,1-5H3;15H2,1-5H3;5H,13H2,1-4H3;1-4H3;3H,1-2H3;6H,2H2,1H3;1H4;;1H2/q;;;;;;;;+1;/p-1/b;9-7+;;;;5-3-;;;;. The maximum absolute atomic E-state index is 13.5. The van der Waals surface area contributed by atoms with Crippen molar-refractivity contribution in [2.75, 3.05) is 36.8 Å². The Hall–Kier alpha value is -7.01. The zero-order valence-corrected chi connectivity index (χ0v) is 69.0. The Bertz CT molecular complexity index is 4930. The summed E-state index contributed by atoms with van der Waals surface area (Å²) in [6, 6.07) is 6.00. The third-order valence-electron chi connectivity index (χ3n) is 18.7. The third kappa shape index (κ3) is 19.3. The second-order valence-corrected chi connectivity index (χ2v) is 27.8. The first-order chi connectivity index (χ1) is 45.0. The number of ether oxygens (including phenoxy) is 2. The van der Waals surface area contributed by atoms with Crippen LogP contribution in [0.1, 0.15) is 155 Å². The van der Waals surface area contributed by atoms with E-state index >= 15 is 0 Å². The fraction of sp³-hybridized carbons (Fsp3) is 0.346. The maximum atomic E-state index is 13.5. The summed E-state index contributed by atoms with van der Waals surface area (Å²) in [5.74, 6) is -0.861. The van der Waals surface area contributed by atoms with E-state index in [9.17, 15) is 18.8 Å². The molecule has 0 aliphatic carbocycles. The number of thiol groups is 1. The Morgan fingerprint density at radius 3 is 1.44 bits per heavy atom. The number of halogens is 1. The fourth-order valence-electron chi connectivity index (χ4n) is 10.7. The Morgan fingerprint density at radius 1 is 0.606 bits per heavy atom. The Labute approximate surface area is 649 Å². The first-order valence-corrected chi connectivity index (χ1v) is 34.8. The number of methoxy groups -OCH3 is 2. The molecular weight excluding hydrogens is 1360 g/mol. The quantitative estimate of drug-likeness (QED) is 0.0354. The number of nitriles is 3. The van der Waals surface area contributed by atoms with Crippen LogP contribution in [0.3, 0.4) is 0 Å². The van der Waals surface area contributed by atoms with Gasteiger partial charge in [-0.2, -0.15) is 28.4 Å². The van der Waals surface area contributed by atoms with E-state index < -0.39 is 0 Å². The van der Waals surface area contributed by atoms with E-state index in [0.29, 0.717) is 27.4 Å². The van der Waals surface area contributed by atoms with Crippen LogP contribution in [0, 0.1) is 178 Å². The van der Waals surface area contributed by atoms with Crippen LogP contribution in [0.15, 0.2) is 50.2 Å². The van der Waals surface area contributed by atoms with Crippen molar-refractivity contribution in [2.24, 2.45) is 4.99 Å². The minimum atomic E-state index is -0.372. The number of H-pyrrole nitrogens is 1. The summed E-state index contributed by atoms with van der Waals surface area (Å²) < 4.78 is 28.2. The zero-order chi connectivity index (χ0) is 73.0. The number of allylic oxidation sites excluding steroid dienone is 3. The molecule has 7 N–H and O–H groups in total. The van der Waals surface area contributed by atoms with Crippen LogP contribution in [-0.2, 0) is 14.3 Å². The van der Waals surface area contributed by atoms with Crippen LogP contribution in [0.5, 0.6) is 0 Å². The van der Waals surface area contributed by atoms with Crippen molar-refractivity contribution < 1.29 is 80.3 Å². The predicted molar refractivity (Wildman–Crippen MR) is 423 cm³/mol. The monoisotopic (exact) mass is 1460 g/mol. The maximum Gasteiger partial charge on any atom is 1.00 e. The number of esters is 2. The van der Waals surface area contributed by atoms with Crippen molar-refractivity contribution >= 4 is 150 Å². The van der Waals surface area contributed by atoms with Gasteiger partial charge in [-0.05, 0) is 277 Å². The van der Waals surface area contributed by atoms with Crippen LogP contribution in [-0.4, -0.2) is 49.1 Å². The van der Waals surface area contributed by atoms with Gasteiger partial charge in [-0.15, -0.1) is 45.3 Å². The van der Waals surface area contributed by atoms with E-state index in [-0.39, 0.29) is 98.8 Å². The van der Waals surface area contributed by atoms with Crippen molar-refractivity contribution in [2.45, 2.75) is 167 Å². The van der Waals surface area contributed by atoms with Crippen molar-refractivity contribution in [3.05, 3.63) is 178 Å². The molecule has 0 saturated heterocycles. The molecule has 0 unspecified atom stereocenters. The zero-order valence-electron chi connectivity index (χ0n) is 61.7. The van der Waals surface area contributed by atoms with Gasteiger partial charge in [0.25, 0.3) is 0 Å². The van der Waals surface area contributed by atoms with Crippen LogP contribution in [0.4, 0.5) is 27.1 Å². The molecule has 99 heavy (non-hydrogen) atoms. The number of aliphatic imine (C=N–C) groups is 1. The van der Waals surface area contributed by atoms with E-state index in [1.54, 1.807) is 80.2 Å². The molecule has 0 saturated carbocycles. The van der Waals surface area contributed by atoms with E-state index in [1.165, 1.54) is 139 Å². The van der Waals surface area contributed by atoms with Gasteiger partial charge in [0.1, 0.15) is 27.2 Å². The molecule has 14 nitrogen and oxygen atoms in total. The summed E-state index contributed by atoms with van der Waals surface area (Å²) in [6.07, 6.45) is 5.19. The summed E-state index contributed by atoms with van der Waals surface area (Å²) in [5, 5.41) is 37.7. The van der Waals surface area contributed by atoms with Crippen molar-refractivity contribution in [3.63, 3.8) is 0 Å². The molecule has 10 rings (SSSR count). The second kappa shape index (κ2) is 39.3. The van der Waals surface area contributed by atoms with Crippen LogP contribution in [0.2, 0.25) is 0 Å². The molecular formula is C78H96FKN8O6S5. The molecule has 0 amide bonds. The largest absolute Gasteiger partial charge is 1.00 e. The third-order valence-corrected chi connectivity index (χ3v) is 23.8. The number of aryl methyl sites for hydroxylation is 8. The molecule has 10 aromatic rings. The number of carbonyl (C=O) groups is 2. The number of aromatic amines is 1. The number of aromatic nitrogens is 1. The van der Waals surface area contributed by atoms with Gasteiger partial charge in [-0.1, -0.05) is 13.5 Å². The summed E-state index contributed by atoms with van der Waals surface area (Å²) in [5.41, 5.74) is 41.7. The molecule has 0 bridgehead atoms. The number of nitrogens with one attached hydrogen (secondary N) is 2. The topological polar surface area (TPSA) is 263 Å². The van der Waals surface area contributed by atoms with E-state index in [2.05, 4.69) is 155 Å². The van der Waals surface area contributed by atoms with Crippen LogP contribution < -0.4 is 73.6 Å². The molecule has 0 fully saturated rings. The number of carbonyl (C=O) groups excluding carboxylic acids is 2. The van der Waals surface area contributed by atoms with E-state index in [0.717, 1.165) is 59.5 Å². The summed E-state index contributed by atoms with van der Waals surface area (Å²) >= 11 is 10.1. The predicted octanol–water partition coefficient (Wildman–Crippen LogP) is 18.5. The molecule has 21 heteroatoms. The number of benzene rings is 5. The van der Waals surface area contributed by atoms with Gasteiger partial charge in [-0.25, -0.2) is 9.18 Å². The molecule has 5 aromatic carbocycles. The van der Waals surface area contributed by atoms with E-state index in [4.69, 9.17) is 32.0 Å². The fourth-order valence-corrected chi connectivity index (χ4v) is 15.6. The van der Waals surface area contributed by atoms with Gasteiger partial charge in [0.2, 0.25) is 5.43 Å². The molecule has 0 aliphatic rings. The average molecular weight is 1460 g/mol. The number of nitrogen functional groups attached to an aromatic ring is 2. The number of nitrogens with two attached hydrogens (primary N) is 2.